The molecule has 2 aromatic carbocycles. The Morgan fingerprint density at radius 1 is 1.10 bits per heavy atom. The van der Waals surface area contributed by atoms with Crippen molar-refractivity contribution in [3.05, 3.63) is 57.6 Å². The molecule has 2 aromatic rings. The second-order valence-electron chi connectivity index (χ2n) is 6.36. The minimum Gasteiger partial charge on any atom is -0.496 e. The number of aryl methyl sites for hydroxylation is 1. The zero-order chi connectivity index (χ0) is 21.4. The molecule has 6 nitrogen and oxygen atoms in total. The first kappa shape index (κ1) is 23.0. The molecule has 0 aliphatic carbocycles. The van der Waals surface area contributed by atoms with Gasteiger partial charge < -0.3 is 15.4 Å². The minimum atomic E-state index is -0.287. The second-order valence-corrected chi connectivity index (χ2v) is 8.26. The Labute approximate surface area is 182 Å². The lowest BCUT2D eigenvalue weighted by atomic mass is 10.1. The first-order valence-electron chi connectivity index (χ1n) is 8.88. The Hall–Kier alpha value is -2.32. The molecule has 0 heterocycles. The number of amides is 2. The van der Waals surface area contributed by atoms with Crippen LogP contribution in [0.5, 0.6) is 5.75 Å². The summed E-state index contributed by atoms with van der Waals surface area (Å²) in [6.45, 7) is 3.30. The van der Waals surface area contributed by atoms with E-state index < -0.39 is 0 Å². The smallest absolute Gasteiger partial charge is 0.243 e. The van der Waals surface area contributed by atoms with E-state index >= 15 is 0 Å². The van der Waals surface area contributed by atoms with E-state index in [2.05, 4.69) is 26.6 Å². The number of carbonyl (C=O) groups is 3. The number of hydrogen-bond donors (Lipinski definition) is 2. The zero-order valence-electron chi connectivity index (χ0n) is 16.5. The van der Waals surface area contributed by atoms with Crippen molar-refractivity contribution in [3.63, 3.8) is 0 Å². The van der Waals surface area contributed by atoms with E-state index in [1.54, 1.807) is 31.4 Å². The molecule has 0 radical (unpaired) electrons. The fourth-order valence-corrected chi connectivity index (χ4v) is 3.87. The summed E-state index contributed by atoms with van der Waals surface area (Å²) in [5.74, 6) is 0.833. The number of rotatable bonds is 9. The van der Waals surface area contributed by atoms with Crippen LogP contribution in [-0.2, 0) is 15.3 Å². The third-order valence-electron chi connectivity index (χ3n) is 4.09. The predicted octanol–water partition coefficient (Wildman–Crippen LogP) is 3.96. The molecule has 2 rings (SSSR count). The van der Waals surface area contributed by atoms with Gasteiger partial charge in [0.05, 0.1) is 19.4 Å². The Balaban J connectivity index is 1.79. The summed E-state index contributed by atoms with van der Waals surface area (Å²) in [4.78, 5) is 35.6. The van der Waals surface area contributed by atoms with Gasteiger partial charge in [-0.3, -0.25) is 14.4 Å². The van der Waals surface area contributed by atoms with Crippen molar-refractivity contribution in [2.45, 2.75) is 19.6 Å². The van der Waals surface area contributed by atoms with Gasteiger partial charge in [0.25, 0.3) is 0 Å². The lowest BCUT2D eigenvalue weighted by Crippen LogP contribution is -2.34. The van der Waals surface area contributed by atoms with Gasteiger partial charge in [-0.25, -0.2) is 0 Å². The van der Waals surface area contributed by atoms with Gasteiger partial charge in [-0.05, 0) is 55.8 Å². The van der Waals surface area contributed by atoms with Crippen LogP contribution in [0.2, 0.25) is 0 Å². The number of hydrogen-bond acceptors (Lipinski definition) is 5. The number of Topliss-reactive ketones (excluding diaryl/α,β-unsaturated/α-hetero) is 1. The first-order valence-corrected chi connectivity index (χ1v) is 10.8. The molecule has 0 unspecified atom stereocenters. The minimum absolute atomic E-state index is 0.0244. The summed E-state index contributed by atoms with van der Waals surface area (Å²) >= 11 is 4.76. The summed E-state index contributed by atoms with van der Waals surface area (Å²) in [6, 6.07) is 10.8. The van der Waals surface area contributed by atoms with Gasteiger partial charge >= 0.3 is 0 Å². The predicted molar refractivity (Wildman–Crippen MR) is 120 cm³/mol. The maximum absolute atomic E-state index is 12.0. The van der Waals surface area contributed by atoms with E-state index in [4.69, 9.17) is 4.74 Å². The molecule has 0 aliphatic rings. The molecule has 2 N–H and O–H groups in total. The number of halogens is 1. The van der Waals surface area contributed by atoms with Crippen LogP contribution >= 0.6 is 27.7 Å². The van der Waals surface area contributed by atoms with Crippen molar-refractivity contribution in [2.75, 3.05) is 24.7 Å². The van der Waals surface area contributed by atoms with Crippen molar-refractivity contribution >= 4 is 51.0 Å². The number of nitrogens with one attached hydrogen (secondary N) is 2. The van der Waals surface area contributed by atoms with Crippen molar-refractivity contribution in [1.29, 1.82) is 0 Å². The van der Waals surface area contributed by atoms with Gasteiger partial charge in [0.1, 0.15) is 5.75 Å². The average Bonchev–Trinajstić information content (AvgIpc) is 2.68. The van der Waals surface area contributed by atoms with Gasteiger partial charge in [-0.2, -0.15) is 0 Å². The highest BCUT2D eigenvalue weighted by Crippen LogP contribution is 2.25. The number of benzene rings is 2. The standard InChI is InChI=1S/C21H23BrN2O4S/c1-13-8-17(22)5-6-18(13)24-20(26)10-23-21(27)12-29-11-16-9-15(14(2)25)4-7-19(16)28-3/h4-9H,10-12H2,1-3H3,(H,23,27)(H,24,26). The van der Waals surface area contributed by atoms with Crippen LogP contribution in [0.3, 0.4) is 0 Å². The Morgan fingerprint density at radius 3 is 2.52 bits per heavy atom. The summed E-state index contributed by atoms with van der Waals surface area (Å²) in [6.07, 6.45) is 0. The normalized spacial score (nSPS) is 10.3. The van der Waals surface area contributed by atoms with Crippen molar-refractivity contribution < 1.29 is 19.1 Å². The molecule has 2 amide bonds. The molecule has 0 aromatic heterocycles. The Bertz CT molecular complexity index is 918. The molecule has 0 spiro atoms. The third-order valence-corrected chi connectivity index (χ3v) is 5.56. The number of carbonyl (C=O) groups excluding carboxylic acids is 3. The molecule has 0 fully saturated rings. The van der Waals surface area contributed by atoms with Crippen LogP contribution in [0, 0.1) is 6.92 Å². The number of anilines is 1. The number of thioether (sulfide) groups is 1. The van der Waals surface area contributed by atoms with E-state index in [-0.39, 0.29) is 29.9 Å². The lowest BCUT2D eigenvalue weighted by molar-refractivity contribution is -0.122. The van der Waals surface area contributed by atoms with Crippen molar-refractivity contribution in [3.8, 4) is 5.75 Å². The topological polar surface area (TPSA) is 84.5 Å². The molecule has 29 heavy (non-hydrogen) atoms. The molecule has 8 heteroatoms. The average molecular weight is 479 g/mol. The third kappa shape index (κ3) is 7.21. The van der Waals surface area contributed by atoms with Crippen LogP contribution in [-0.4, -0.2) is 37.0 Å². The summed E-state index contributed by atoms with van der Waals surface area (Å²) < 4.78 is 6.24. The van der Waals surface area contributed by atoms with Crippen LogP contribution in [0.4, 0.5) is 5.69 Å². The van der Waals surface area contributed by atoms with Gasteiger partial charge in [-0.15, -0.1) is 11.8 Å². The fraction of sp³-hybridized carbons (Fsp3) is 0.286. The highest BCUT2D eigenvalue weighted by atomic mass is 79.9. The van der Waals surface area contributed by atoms with Crippen LogP contribution in [0.1, 0.15) is 28.4 Å². The van der Waals surface area contributed by atoms with E-state index in [1.165, 1.54) is 18.7 Å². The summed E-state index contributed by atoms with van der Waals surface area (Å²) in [5, 5.41) is 5.39. The quantitative estimate of drug-likeness (QED) is 0.532. The van der Waals surface area contributed by atoms with E-state index in [9.17, 15) is 14.4 Å². The summed E-state index contributed by atoms with van der Waals surface area (Å²) in [7, 11) is 1.56. The molecule has 0 aliphatic heterocycles. The van der Waals surface area contributed by atoms with Gasteiger partial charge in [0, 0.05) is 27.0 Å². The maximum Gasteiger partial charge on any atom is 0.243 e. The number of ketones is 1. The zero-order valence-corrected chi connectivity index (χ0v) is 18.9. The molecule has 0 atom stereocenters. The molecule has 154 valence electrons. The van der Waals surface area contributed by atoms with Gasteiger partial charge in [-0.1, -0.05) is 15.9 Å². The largest absolute Gasteiger partial charge is 0.496 e. The lowest BCUT2D eigenvalue weighted by Gasteiger charge is -2.11. The van der Waals surface area contributed by atoms with Crippen LogP contribution < -0.4 is 15.4 Å². The van der Waals surface area contributed by atoms with E-state index in [0.29, 0.717) is 22.8 Å². The number of methoxy groups -OCH3 is 1. The van der Waals surface area contributed by atoms with Crippen molar-refractivity contribution in [2.24, 2.45) is 0 Å². The Kier molecular flexibility index (Phi) is 8.72. The monoisotopic (exact) mass is 478 g/mol. The fourth-order valence-electron chi connectivity index (χ4n) is 2.56. The van der Waals surface area contributed by atoms with Crippen LogP contribution in [0.25, 0.3) is 0 Å². The molecule has 0 saturated carbocycles. The number of ether oxygens (including phenoxy) is 1. The van der Waals surface area contributed by atoms with E-state index in [0.717, 1.165) is 15.6 Å². The molecule has 0 bridgehead atoms. The molecular weight excluding hydrogens is 456 g/mol. The van der Waals surface area contributed by atoms with Crippen molar-refractivity contribution in [1.82, 2.24) is 5.32 Å². The van der Waals surface area contributed by atoms with Gasteiger partial charge in [0.2, 0.25) is 11.8 Å². The summed E-state index contributed by atoms with van der Waals surface area (Å²) in [5.41, 5.74) is 3.09. The molecular formula is C21H23BrN2O4S. The van der Waals surface area contributed by atoms with E-state index in [1.807, 2.05) is 19.1 Å². The Morgan fingerprint density at radius 2 is 1.86 bits per heavy atom. The highest BCUT2D eigenvalue weighted by molar-refractivity contribution is 9.10. The first-order chi connectivity index (χ1) is 13.8. The maximum atomic E-state index is 12.0. The van der Waals surface area contributed by atoms with Crippen LogP contribution in [0.15, 0.2) is 40.9 Å². The molecule has 0 saturated heterocycles. The van der Waals surface area contributed by atoms with Gasteiger partial charge in [0.15, 0.2) is 5.78 Å². The second kappa shape index (κ2) is 11.0. The highest BCUT2D eigenvalue weighted by Gasteiger charge is 2.10. The SMILES string of the molecule is COc1ccc(C(C)=O)cc1CSCC(=O)NCC(=O)Nc1ccc(Br)cc1C.